The molecule has 8 nitrogen and oxygen atoms in total. The van der Waals surface area contributed by atoms with Gasteiger partial charge in [0.25, 0.3) is 5.91 Å². The zero-order chi connectivity index (χ0) is 21.5. The van der Waals surface area contributed by atoms with Crippen molar-refractivity contribution in [2.24, 2.45) is 0 Å². The number of aromatic nitrogens is 2. The van der Waals surface area contributed by atoms with E-state index in [1.54, 1.807) is 11.9 Å². The van der Waals surface area contributed by atoms with Crippen LogP contribution in [-0.2, 0) is 16.0 Å². The number of aryl methyl sites for hydroxylation is 2. The van der Waals surface area contributed by atoms with Crippen LogP contribution >= 0.6 is 0 Å². The molecule has 0 unspecified atom stereocenters. The number of hydrogen-bond acceptors (Lipinski definition) is 4. The number of benzene rings is 1. The molecule has 1 saturated heterocycles. The third-order valence-corrected chi connectivity index (χ3v) is 6.62. The van der Waals surface area contributed by atoms with E-state index in [0.717, 1.165) is 41.0 Å². The van der Waals surface area contributed by atoms with Gasteiger partial charge in [0.05, 0.1) is 11.0 Å². The Kier molecular flexibility index (Phi) is 5.26. The normalized spacial score (nSPS) is 18.6. The molecule has 0 radical (unpaired) electrons. The predicted molar refractivity (Wildman–Crippen MR) is 113 cm³/mol. The van der Waals surface area contributed by atoms with E-state index >= 15 is 0 Å². The Hall–Kier alpha value is -2.90. The maximum Gasteiger partial charge on any atom is 0.327 e. The second-order valence-electron chi connectivity index (χ2n) is 8.56. The molecule has 4 rings (SSSR count). The highest BCUT2D eigenvalue weighted by Crippen LogP contribution is 2.39. The summed E-state index contributed by atoms with van der Waals surface area (Å²) in [6, 6.07) is 3.74. The highest BCUT2D eigenvalue weighted by atomic mass is 16.2. The van der Waals surface area contributed by atoms with Crippen molar-refractivity contribution in [1.29, 1.82) is 0 Å². The van der Waals surface area contributed by atoms with Crippen LogP contribution in [0, 0.1) is 13.8 Å². The van der Waals surface area contributed by atoms with Crippen molar-refractivity contribution in [2.75, 3.05) is 20.1 Å². The van der Waals surface area contributed by atoms with Crippen molar-refractivity contribution < 1.29 is 14.4 Å². The van der Waals surface area contributed by atoms with Crippen molar-refractivity contribution in [3.8, 4) is 0 Å². The minimum absolute atomic E-state index is 0.229. The maximum absolute atomic E-state index is 13.0. The second kappa shape index (κ2) is 7.74. The summed E-state index contributed by atoms with van der Waals surface area (Å²) in [5.74, 6) is 0.234. The first-order chi connectivity index (χ1) is 14.3. The Morgan fingerprint density at radius 2 is 1.87 bits per heavy atom. The number of imide groups is 1. The Labute approximate surface area is 176 Å². The summed E-state index contributed by atoms with van der Waals surface area (Å²) < 4.78 is 0. The molecule has 1 saturated carbocycles. The first-order valence-electron chi connectivity index (χ1n) is 10.6. The zero-order valence-electron chi connectivity index (χ0n) is 17.9. The van der Waals surface area contributed by atoms with Gasteiger partial charge in [-0.2, -0.15) is 0 Å². The van der Waals surface area contributed by atoms with E-state index in [2.05, 4.69) is 35.2 Å². The molecule has 1 aromatic carbocycles. The Morgan fingerprint density at radius 1 is 1.17 bits per heavy atom. The van der Waals surface area contributed by atoms with Crippen molar-refractivity contribution in [2.45, 2.75) is 57.9 Å². The zero-order valence-corrected chi connectivity index (χ0v) is 17.9. The highest BCUT2D eigenvalue weighted by Gasteiger charge is 2.55. The fraction of sp³-hybridized carbons (Fsp3) is 0.545. The van der Waals surface area contributed by atoms with Crippen LogP contribution in [0.4, 0.5) is 4.79 Å². The number of likely N-dealkylation sites (N-methyl/N-ethyl adjacent to an activating group) is 1. The van der Waals surface area contributed by atoms with Crippen molar-refractivity contribution in [3.05, 3.63) is 29.1 Å². The number of carbonyl (C=O) groups excluding carboxylic acids is 3. The molecule has 8 heteroatoms. The van der Waals surface area contributed by atoms with Gasteiger partial charge in [0.15, 0.2) is 0 Å². The molecule has 2 fully saturated rings. The number of nitrogens with zero attached hydrogens (tertiary/aromatic N) is 3. The van der Waals surface area contributed by atoms with E-state index in [9.17, 15) is 14.4 Å². The van der Waals surface area contributed by atoms with E-state index in [-0.39, 0.29) is 24.4 Å². The van der Waals surface area contributed by atoms with Crippen LogP contribution in [0.15, 0.2) is 12.1 Å². The van der Waals surface area contributed by atoms with Gasteiger partial charge in [0.2, 0.25) is 5.91 Å². The molecule has 1 aliphatic carbocycles. The first kappa shape index (κ1) is 20.4. The van der Waals surface area contributed by atoms with Gasteiger partial charge in [-0.25, -0.2) is 9.78 Å². The number of carbonyl (C=O) groups is 3. The largest absolute Gasteiger partial charge is 0.354 e. The minimum atomic E-state index is -0.750. The van der Waals surface area contributed by atoms with Gasteiger partial charge >= 0.3 is 6.03 Å². The van der Waals surface area contributed by atoms with Gasteiger partial charge in [0.1, 0.15) is 17.9 Å². The molecular formula is C22H29N5O3. The summed E-state index contributed by atoms with van der Waals surface area (Å²) in [5.41, 5.74) is 3.53. The van der Waals surface area contributed by atoms with E-state index in [0.29, 0.717) is 25.8 Å². The van der Waals surface area contributed by atoms with Crippen LogP contribution in [0.25, 0.3) is 11.0 Å². The molecule has 1 aliphatic heterocycles. The summed E-state index contributed by atoms with van der Waals surface area (Å²) in [6.45, 7) is 4.26. The Morgan fingerprint density at radius 3 is 2.60 bits per heavy atom. The Balaban J connectivity index is 1.34. The van der Waals surface area contributed by atoms with Crippen molar-refractivity contribution >= 4 is 28.9 Å². The number of hydrogen-bond donors (Lipinski definition) is 2. The standard InChI is InChI=1S/C22H29N5O3/c1-14-11-16-17(12-15(14)2)25-18(24-16)7-10-23-19(28)13-27-20(29)22(26(3)21(27)30)8-5-4-6-9-22/h11-12H,4-10,13H2,1-3H3,(H,23,28)(H,24,25). The molecule has 0 bridgehead atoms. The first-order valence-corrected chi connectivity index (χ1v) is 10.6. The lowest BCUT2D eigenvalue weighted by atomic mass is 9.81. The fourth-order valence-electron chi connectivity index (χ4n) is 4.63. The van der Waals surface area contributed by atoms with E-state index in [4.69, 9.17) is 0 Å². The highest BCUT2D eigenvalue weighted by molar-refractivity contribution is 6.08. The van der Waals surface area contributed by atoms with Gasteiger partial charge in [-0.05, 0) is 49.9 Å². The topological polar surface area (TPSA) is 98.4 Å². The van der Waals surface area contributed by atoms with Crippen LogP contribution in [0.2, 0.25) is 0 Å². The van der Waals surface area contributed by atoms with Gasteiger partial charge in [0, 0.05) is 20.0 Å². The maximum atomic E-state index is 13.0. The smallest absolute Gasteiger partial charge is 0.327 e. The second-order valence-corrected chi connectivity index (χ2v) is 8.56. The van der Waals surface area contributed by atoms with Crippen LogP contribution in [-0.4, -0.2) is 63.3 Å². The van der Waals surface area contributed by atoms with Crippen molar-refractivity contribution in [3.63, 3.8) is 0 Å². The molecular weight excluding hydrogens is 382 g/mol. The van der Waals surface area contributed by atoms with E-state index in [1.807, 2.05) is 6.07 Å². The van der Waals surface area contributed by atoms with Gasteiger partial charge in [-0.1, -0.05) is 19.3 Å². The molecule has 1 spiro atoms. The van der Waals surface area contributed by atoms with Gasteiger partial charge < -0.3 is 15.2 Å². The lowest BCUT2D eigenvalue weighted by molar-refractivity contribution is -0.137. The Bertz CT molecular complexity index is 967. The van der Waals surface area contributed by atoms with E-state index in [1.165, 1.54) is 11.1 Å². The average Bonchev–Trinajstić information content (AvgIpc) is 3.18. The van der Waals surface area contributed by atoms with Crippen LogP contribution in [0.1, 0.15) is 49.1 Å². The lowest BCUT2D eigenvalue weighted by Crippen LogP contribution is -2.49. The summed E-state index contributed by atoms with van der Waals surface area (Å²) in [5, 5.41) is 2.81. The van der Waals surface area contributed by atoms with Gasteiger partial charge in [-0.15, -0.1) is 0 Å². The molecule has 2 N–H and O–H groups in total. The number of aromatic amines is 1. The number of H-pyrrole nitrogens is 1. The molecule has 30 heavy (non-hydrogen) atoms. The SMILES string of the molecule is Cc1cc2nc(CCNC(=O)CN3C(=O)N(C)C4(CCCCC4)C3=O)[nH]c2cc1C. The van der Waals surface area contributed by atoms with Crippen LogP contribution < -0.4 is 5.32 Å². The number of amides is 4. The lowest BCUT2D eigenvalue weighted by Gasteiger charge is -2.35. The third kappa shape index (κ3) is 3.44. The summed E-state index contributed by atoms with van der Waals surface area (Å²) >= 11 is 0. The number of fused-ring (bicyclic) bond motifs is 1. The van der Waals surface area contributed by atoms with Crippen LogP contribution in [0.3, 0.4) is 0 Å². The molecule has 1 aromatic heterocycles. The number of nitrogens with one attached hydrogen (secondary N) is 2. The number of rotatable bonds is 5. The monoisotopic (exact) mass is 411 g/mol. The average molecular weight is 412 g/mol. The molecule has 2 aliphatic rings. The van der Waals surface area contributed by atoms with Crippen molar-refractivity contribution in [1.82, 2.24) is 25.1 Å². The fourth-order valence-corrected chi connectivity index (χ4v) is 4.63. The molecule has 2 heterocycles. The number of urea groups is 1. The summed E-state index contributed by atoms with van der Waals surface area (Å²) in [6.07, 6.45) is 4.84. The third-order valence-electron chi connectivity index (χ3n) is 6.62. The summed E-state index contributed by atoms with van der Waals surface area (Å²) in [7, 11) is 1.68. The summed E-state index contributed by atoms with van der Waals surface area (Å²) in [4.78, 5) is 48.5. The molecule has 160 valence electrons. The van der Waals surface area contributed by atoms with Gasteiger partial charge in [-0.3, -0.25) is 14.5 Å². The quantitative estimate of drug-likeness (QED) is 0.739. The van der Waals surface area contributed by atoms with E-state index < -0.39 is 5.54 Å². The minimum Gasteiger partial charge on any atom is -0.354 e. The predicted octanol–water partition coefficient (Wildman–Crippen LogP) is 2.44. The molecule has 0 atom stereocenters. The van der Waals surface area contributed by atoms with Crippen LogP contribution in [0.5, 0.6) is 0 Å². The molecule has 2 aromatic rings. The molecule has 4 amide bonds. The number of imidazole rings is 1.